The van der Waals surface area contributed by atoms with E-state index in [-0.39, 0.29) is 29.5 Å². The lowest BCUT2D eigenvalue weighted by molar-refractivity contribution is 0.0942. The van der Waals surface area contributed by atoms with Crippen molar-refractivity contribution in [2.24, 2.45) is 0 Å². The lowest BCUT2D eigenvalue weighted by Crippen LogP contribution is -2.35. The van der Waals surface area contributed by atoms with E-state index in [0.29, 0.717) is 42.4 Å². The maximum atomic E-state index is 12.6. The van der Waals surface area contributed by atoms with Crippen LogP contribution in [0.5, 0.6) is 0 Å². The summed E-state index contributed by atoms with van der Waals surface area (Å²) in [5.41, 5.74) is 10.7. The number of benzene rings is 2. The van der Waals surface area contributed by atoms with Crippen molar-refractivity contribution < 1.29 is 14.7 Å². The molecule has 6 aromatic heterocycles. The molecule has 0 aliphatic carbocycles. The monoisotopic (exact) mass is 1010 g/mol. The first-order chi connectivity index (χ1) is 35.9. The summed E-state index contributed by atoms with van der Waals surface area (Å²) in [7, 11) is 0. The van der Waals surface area contributed by atoms with E-state index in [2.05, 4.69) is 83.9 Å². The van der Waals surface area contributed by atoms with Crippen LogP contribution >= 0.6 is 0 Å². The van der Waals surface area contributed by atoms with Gasteiger partial charge in [-0.05, 0) is 89.8 Å². The molecule has 2 aromatic carbocycles. The fourth-order valence-electron chi connectivity index (χ4n) is 8.67. The number of hydrogen-bond donors (Lipinski definition) is 6. The average molecular weight is 1020 g/mol. The number of aliphatic hydroxyl groups excluding tert-OH is 1. The molecule has 2 aliphatic heterocycles. The molecule has 21 nitrogen and oxygen atoms in total. The van der Waals surface area contributed by atoms with Gasteiger partial charge in [-0.15, -0.1) is 0 Å². The number of hydrogen-bond acceptors (Lipinski definition) is 15. The minimum Gasteiger partial charge on any atom is -0.395 e. The van der Waals surface area contributed by atoms with E-state index in [4.69, 9.17) is 0 Å². The number of anilines is 4. The Kier molecular flexibility index (Phi) is 15.3. The van der Waals surface area contributed by atoms with E-state index < -0.39 is 0 Å². The first kappa shape index (κ1) is 51.7. The van der Waals surface area contributed by atoms with Crippen LogP contribution in [0.3, 0.4) is 0 Å². The summed E-state index contributed by atoms with van der Waals surface area (Å²) in [4.78, 5) is 45.1. The van der Waals surface area contributed by atoms with E-state index in [1.165, 1.54) is 6.33 Å². The van der Waals surface area contributed by atoms with Gasteiger partial charge in [-0.2, -0.15) is 20.4 Å². The lowest BCUT2D eigenvalue weighted by atomic mass is 10.0. The van der Waals surface area contributed by atoms with E-state index in [1.54, 1.807) is 40.5 Å². The van der Waals surface area contributed by atoms with Gasteiger partial charge in [0.25, 0.3) is 11.8 Å². The third kappa shape index (κ3) is 12.8. The summed E-state index contributed by atoms with van der Waals surface area (Å²) in [6.45, 7) is 23.0. The third-order valence-corrected chi connectivity index (χ3v) is 13.0. The number of aliphatic hydroxyl groups is 1. The Balaban J connectivity index is 0.000000184. The molecule has 8 aromatic rings. The third-order valence-electron chi connectivity index (χ3n) is 13.0. The Hall–Kier alpha value is -8.14. The molecule has 0 radical (unpaired) electrons. The SMILES string of the molecule is Cc1cc(-c2cc(Nc3cc4n(n3)CCN(CCO)C4)ncn2)ccc1CNC(=O)c1cnn(C(C)(C)C)c1.Cc1cc(-c2cc(Nc3cc4n(n3)CCNC4)ncn2)ccc1CNC(=O)c1cnn(C(C)(C)C)c1. The Morgan fingerprint density at radius 3 is 1.60 bits per heavy atom. The summed E-state index contributed by atoms with van der Waals surface area (Å²) in [6.07, 6.45) is 9.85. The summed E-state index contributed by atoms with van der Waals surface area (Å²) in [6, 6.07) is 20.1. The Morgan fingerprint density at radius 1 is 0.627 bits per heavy atom. The van der Waals surface area contributed by atoms with Gasteiger partial charge >= 0.3 is 0 Å². The second-order valence-corrected chi connectivity index (χ2v) is 20.8. The highest BCUT2D eigenvalue weighted by Gasteiger charge is 2.21. The van der Waals surface area contributed by atoms with Gasteiger partial charge in [-0.25, -0.2) is 19.9 Å². The quantitative estimate of drug-likeness (QED) is 0.0685. The van der Waals surface area contributed by atoms with Crippen molar-refractivity contribution in [3.63, 3.8) is 0 Å². The Morgan fingerprint density at radius 2 is 1.13 bits per heavy atom. The molecule has 0 bridgehead atoms. The summed E-state index contributed by atoms with van der Waals surface area (Å²) in [5.74, 6) is 2.56. The molecule has 0 unspecified atom stereocenters. The molecule has 0 saturated heterocycles. The van der Waals surface area contributed by atoms with Crippen molar-refractivity contribution >= 4 is 35.1 Å². The van der Waals surface area contributed by atoms with Crippen LogP contribution in [0.15, 0.2) is 98.1 Å². The molecule has 75 heavy (non-hydrogen) atoms. The maximum Gasteiger partial charge on any atom is 0.254 e. The zero-order valence-corrected chi connectivity index (χ0v) is 43.9. The van der Waals surface area contributed by atoms with Crippen LogP contribution in [0, 0.1) is 13.8 Å². The number of aryl methyl sites for hydroxylation is 2. The van der Waals surface area contributed by atoms with Crippen LogP contribution in [0.2, 0.25) is 0 Å². The minimum absolute atomic E-state index is 0.141. The van der Waals surface area contributed by atoms with Crippen molar-refractivity contribution in [1.82, 2.24) is 79.9 Å². The second kappa shape index (κ2) is 22.1. The Bertz CT molecular complexity index is 3280. The number of nitrogens with zero attached hydrogens (tertiary/aromatic N) is 13. The van der Waals surface area contributed by atoms with Gasteiger partial charge in [0.05, 0.1) is 77.1 Å². The van der Waals surface area contributed by atoms with Crippen LogP contribution in [0.25, 0.3) is 22.5 Å². The van der Waals surface area contributed by atoms with Crippen molar-refractivity contribution in [2.45, 2.75) is 106 Å². The number of β-amino-alcohol motifs (C(OH)–C–C–N with tert-alkyl or cyclic N) is 1. The predicted molar refractivity (Wildman–Crippen MR) is 286 cm³/mol. The van der Waals surface area contributed by atoms with Crippen molar-refractivity contribution in [1.29, 1.82) is 0 Å². The van der Waals surface area contributed by atoms with Crippen molar-refractivity contribution in [3.05, 3.63) is 143 Å². The van der Waals surface area contributed by atoms with Gasteiger partial charge in [0.2, 0.25) is 0 Å². The van der Waals surface area contributed by atoms with Crippen molar-refractivity contribution in [3.8, 4) is 22.5 Å². The van der Waals surface area contributed by atoms with E-state index in [0.717, 1.165) is 107 Å². The second-order valence-electron chi connectivity index (χ2n) is 20.8. The van der Waals surface area contributed by atoms with E-state index in [1.807, 2.05) is 113 Å². The van der Waals surface area contributed by atoms with Crippen LogP contribution in [-0.4, -0.2) is 107 Å². The van der Waals surface area contributed by atoms with E-state index in [9.17, 15) is 14.7 Å². The molecule has 390 valence electrons. The van der Waals surface area contributed by atoms with Crippen LogP contribution in [-0.2, 0) is 50.3 Å². The first-order valence-corrected chi connectivity index (χ1v) is 25.2. The van der Waals surface area contributed by atoms with Crippen LogP contribution < -0.4 is 26.6 Å². The normalized spacial score (nSPS) is 13.6. The standard InChI is InChI=1S/C28H35N9O2.C26H31N9O/c1-19-11-20(5-6-21(19)14-29-27(39)22-15-32-37(16-22)28(2,3)4)24-13-25(31-18-30-24)33-26-12-23-17-35(9-10-38)7-8-36(23)34-26;1-17-9-18(5-6-19(17)12-28-25(36)20-13-31-35(15-20)26(2,3)4)22-11-23(30-16-29-22)32-24-10-21-14-27-7-8-34(21)33-24/h5-6,11-13,15-16,18,38H,7-10,14,17H2,1-4H3,(H,29,39)(H,30,31,33,34);5-6,9-11,13,15-16,27H,7-8,12,14H2,1-4H3,(H,28,36)(H,29,30,32,33). The zero-order chi connectivity index (χ0) is 52.9. The molecular formula is C54H66N18O3. The number of aromatic nitrogens is 12. The van der Waals surface area contributed by atoms with Gasteiger partial charge in [-0.3, -0.25) is 33.2 Å². The number of fused-ring (bicyclic) bond motifs is 2. The molecule has 6 N–H and O–H groups in total. The molecule has 2 aliphatic rings. The fraction of sp³-hybridized carbons (Fsp3) is 0.370. The van der Waals surface area contributed by atoms with E-state index >= 15 is 0 Å². The van der Waals surface area contributed by atoms with Crippen LogP contribution in [0.1, 0.15) is 95.9 Å². The molecule has 2 amide bonds. The molecule has 21 heteroatoms. The summed E-state index contributed by atoms with van der Waals surface area (Å²) >= 11 is 0. The molecule has 0 spiro atoms. The number of carbonyl (C=O) groups excluding carboxylic acids is 2. The number of rotatable bonds is 14. The zero-order valence-electron chi connectivity index (χ0n) is 43.9. The average Bonchev–Trinajstić information content (AvgIpc) is 4.23. The molecule has 0 saturated carbocycles. The smallest absolute Gasteiger partial charge is 0.254 e. The topological polar surface area (TPSA) is 241 Å². The van der Waals surface area contributed by atoms with Gasteiger partial charge in [0.15, 0.2) is 11.6 Å². The largest absolute Gasteiger partial charge is 0.395 e. The molecule has 0 fully saturated rings. The predicted octanol–water partition coefficient (Wildman–Crippen LogP) is 6.46. The number of nitrogens with one attached hydrogen (secondary N) is 5. The number of amides is 2. The molecule has 0 atom stereocenters. The maximum absolute atomic E-state index is 12.6. The number of carbonyl (C=O) groups is 2. The highest BCUT2D eigenvalue weighted by molar-refractivity contribution is 5.94. The Labute approximate surface area is 436 Å². The summed E-state index contributed by atoms with van der Waals surface area (Å²) in [5, 5.41) is 43.0. The van der Waals surface area contributed by atoms with Gasteiger partial charge in [-0.1, -0.05) is 24.3 Å². The highest BCUT2D eigenvalue weighted by atomic mass is 16.3. The van der Waals surface area contributed by atoms with Gasteiger partial charge in [0.1, 0.15) is 24.3 Å². The fourth-order valence-corrected chi connectivity index (χ4v) is 8.67. The molecular weight excluding hydrogens is 949 g/mol. The van der Waals surface area contributed by atoms with Gasteiger partial charge < -0.3 is 31.7 Å². The minimum atomic E-state index is -0.179. The van der Waals surface area contributed by atoms with Crippen LogP contribution in [0.4, 0.5) is 23.3 Å². The van der Waals surface area contributed by atoms with Crippen molar-refractivity contribution in [2.75, 3.05) is 36.9 Å². The van der Waals surface area contributed by atoms with Gasteiger partial charge in [0, 0.05) is 93.6 Å². The summed E-state index contributed by atoms with van der Waals surface area (Å²) < 4.78 is 7.60. The first-order valence-electron chi connectivity index (χ1n) is 25.2. The highest BCUT2D eigenvalue weighted by Crippen LogP contribution is 2.27. The molecule has 8 heterocycles. The molecule has 10 rings (SSSR count). The lowest BCUT2D eigenvalue weighted by Gasteiger charge is -2.26.